The van der Waals surface area contributed by atoms with Gasteiger partial charge in [-0.3, -0.25) is 0 Å². The Hall–Kier alpha value is -11.7. The topological polar surface area (TPSA) is 104 Å². The highest BCUT2D eigenvalue weighted by molar-refractivity contribution is 6.11. The van der Waals surface area contributed by atoms with Crippen LogP contribution < -0.4 is 0 Å². The van der Waals surface area contributed by atoms with Crippen molar-refractivity contribution in [3.05, 3.63) is 301 Å². The molecule has 1 atom stereocenters. The minimum Gasteiger partial charge on any atom is -0.455 e. The average Bonchev–Trinajstić information content (AvgIpc) is 1.57. The fourth-order valence-corrected chi connectivity index (χ4v) is 14.7. The molecule has 12 aromatic carbocycles. The van der Waals surface area contributed by atoms with Gasteiger partial charge in [0.05, 0.1) is 11.1 Å². The zero-order valence-electron chi connectivity index (χ0n) is 50.7. The molecule has 0 saturated carbocycles. The first-order chi connectivity index (χ1) is 45.2. The van der Waals surface area contributed by atoms with Gasteiger partial charge in [-0.1, -0.05) is 245 Å². The van der Waals surface area contributed by atoms with Crippen molar-refractivity contribution in [3.8, 4) is 113 Å². The molecule has 2 aliphatic rings. The van der Waals surface area contributed by atoms with Crippen molar-refractivity contribution in [3.63, 3.8) is 0 Å². The normalized spacial score (nSPS) is 14.4. The minimum absolute atomic E-state index is 0.102. The third kappa shape index (κ3) is 8.51. The third-order valence-electron chi connectivity index (χ3n) is 19.3. The summed E-state index contributed by atoms with van der Waals surface area (Å²) in [6.07, 6.45) is 0.732. The highest BCUT2D eigenvalue weighted by Gasteiger charge is 2.41. The fraction of sp³-hybridized carbons (Fsp3) is 0.0714. The van der Waals surface area contributed by atoms with E-state index in [1.807, 2.05) is 84.9 Å². The van der Waals surface area contributed by atoms with Crippen molar-refractivity contribution < 1.29 is 8.83 Å². The number of hydrogen-bond acceptors (Lipinski definition) is 8. The van der Waals surface area contributed by atoms with Crippen molar-refractivity contribution in [2.75, 3.05) is 0 Å². The Morgan fingerprint density at radius 2 is 0.696 bits per heavy atom. The molecule has 0 fully saturated rings. The summed E-state index contributed by atoms with van der Waals surface area (Å²) in [5.41, 5.74) is 23.8. The molecule has 1 unspecified atom stereocenters. The maximum Gasteiger partial charge on any atom is 0.167 e. The molecule has 8 nitrogen and oxygen atoms in total. The molecule has 0 aliphatic heterocycles. The second-order valence-corrected chi connectivity index (χ2v) is 25.1. The van der Waals surface area contributed by atoms with Gasteiger partial charge in [0.1, 0.15) is 22.3 Å². The lowest BCUT2D eigenvalue weighted by atomic mass is 9.75. The summed E-state index contributed by atoms with van der Waals surface area (Å²) >= 11 is 0. The second-order valence-electron chi connectivity index (χ2n) is 25.1. The first-order valence-corrected chi connectivity index (χ1v) is 31.4. The number of nitrogens with zero attached hydrogens (tertiary/aromatic N) is 6. The van der Waals surface area contributed by atoms with Crippen LogP contribution in [0.25, 0.3) is 157 Å². The van der Waals surface area contributed by atoms with Crippen LogP contribution in [-0.4, -0.2) is 29.9 Å². The van der Waals surface area contributed by atoms with E-state index in [0.717, 1.165) is 111 Å². The van der Waals surface area contributed by atoms with Crippen molar-refractivity contribution in [1.82, 2.24) is 29.9 Å². The quantitative estimate of drug-likeness (QED) is 0.133. The van der Waals surface area contributed by atoms with Gasteiger partial charge in [0.2, 0.25) is 0 Å². The molecule has 8 heteroatoms. The summed E-state index contributed by atoms with van der Waals surface area (Å²) in [4.78, 5) is 30.9. The van der Waals surface area contributed by atoms with E-state index in [0.29, 0.717) is 34.9 Å². The fourth-order valence-electron chi connectivity index (χ4n) is 14.7. The lowest BCUT2D eigenvalue weighted by Crippen LogP contribution is -2.24. The largest absolute Gasteiger partial charge is 0.455 e. The zero-order valence-corrected chi connectivity index (χ0v) is 50.7. The molecule has 0 saturated heterocycles. The summed E-state index contributed by atoms with van der Waals surface area (Å²) < 4.78 is 13.9. The number of para-hydroxylation sites is 2. The van der Waals surface area contributed by atoms with Crippen LogP contribution in [0.5, 0.6) is 0 Å². The SMILES string of the molecule is CC1(C)c2ccccc2-c2ccc(-c3ccc4c(c3)oc3c(-c5nc(-c6ccccc6)nc(-c6cccc(CC7(C)c8ccccc8-c8c(-c9ccc%10c(c9)oc9c(-c%11nc(-c%12ccccc%12)nc(-c%12ccccc%12)n%11)cccc9%10)cccc87)c6)n5)cccc34)cc21. The lowest BCUT2D eigenvalue weighted by Gasteiger charge is -2.28. The minimum atomic E-state index is -0.389. The van der Waals surface area contributed by atoms with Crippen LogP contribution in [0, 0.1) is 0 Å². The molecule has 0 N–H and O–H groups in total. The number of aromatic nitrogens is 6. The van der Waals surface area contributed by atoms with Crippen LogP contribution in [0.1, 0.15) is 48.6 Å². The maximum absolute atomic E-state index is 6.97. The lowest BCUT2D eigenvalue weighted by molar-refractivity contribution is 0.583. The molecule has 434 valence electrons. The Morgan fingerprint density at radius 1 is 0.272 bits per heavy atom. The summed E-state index contributed by atoms with van der Waals surface area (Å²) in [6.45, 7) is 7.04. The van der Waals surface area contributed by atoms with Crippen molar-refractivity contribution in [2.45, 2.75) is 38.0 Å². The smallest absolute Gasteiger partial charge is 0.167 e. The molecular formula is C84H56N6O2. The Kier molecular flexibility index (Phi) is 12.0. The Bertz CT molecular complexity index is 5620. The van der Waals surface area contributed by atoms with Gasteiger partial charge in [-0.15, -0.1) is 0 Å². The highest BCUT2D eigenvalue weighted by atomic mass is 16.3. The molecule has 0 bridgehead atoms. The van der Waals surface area contributed by atoms with E-state index in [1.54, 1.807) is 0 Å². The van der Waals surface area contributed by atoms with E-state index < -0.39 is 0 Å². The second kappa shape index (κ2) is 20.7. The number of fused-ring (bicyclic) bond motifs is 12. The Labute approximate surface area is 531 Å². The van der Waals surface area contributed by atoms with Crippen molar-refractivity contribution in [2.24, 2.45) is 0 Å². The van der Waals surface area contributed by atoms with Gasteiger partial charge in [-0.05, 0) is 127 Å². The maximum atomic E-state index is 6.97. The first-order valence-electron chi connectivity index (χ1n) is 31.4. The zero-order chi connectivity index (χ0) is 61.2. The van der Waals surface area contributed by atoms with E-state index in [4.69, 9.17) is 38.7 Å². The molecule has 16 aromatic rings. The summed E-state index contributed by atoms with van der Waals surface area (Å²) in [5, 5.41) is 4.06. The van der Waals surface area contributed by atoms with E-state index in [-0.39, 0.29) is 10.8 Å². The molecule has 0 amide bonds. The molecular weight excluding hydrogens is 1120 g/mol. The summed E-state index contributed by atoms with van der Waals surface area (Å²) in [5.74, 6) is 3.47. The molecule has 4 heterocycles. The molecule has 0 spiro atoms. The number of benzene rings is 12. The molecule has 18 rings (SSSR count). The molecule has 2 aliphatic carbocycles. The van der Waals surface area contributed by atoms with Crippen LogP contribution in [-0.2, 0) is 17.3 Å². The first kappa shape index (κ1) is 53.3. The monoisotopic (exact) mass is 1180 g/mol. The highest BCUT2D eigenvalue weighted by Crippen LogP contribution is 2.55. The number of hydrogen-bond donors (Lipinski definition) is 0. The van der Waals surface area contributed by atoms with Crippen LogP contribution in [0.4, 0.5) is 0 Å². The standard InChI is InChI=1S/C84H56N6O2/c1-83(2)68-36-15-13-29-59(68)60-42-39-54(46-71(60)83)55-40-43-61-63-32-18-35-67(75(63)91-72(61)47-55)82-89-79(53-26-11-6-12-27-53)86-80(90-82)57-28-17-21-50(45-57)49-84(3)69-37-16-14-30-65(69)74-58(31-20-38-70(74)84)56-41-44-62-64-33-19-34-66(76(64)92-73(62)48-56)81-87-77(51-22-7-4-8-23-51)85-78(88-81)52-24-9-5-10-25-52/h4-48H,49H2,1-3H3. The van der Waals surface area contributed by atoms with E-state index in [9.17, 15) is 0 Å². The van der Waals surface area contributed by atoms with Crippen LogP contribution in [0.15, 0.2) is 282 Å². The average molecular weight is 1180 g/mol. The van der Waals surface area contributed by atoms with Gasteiger partial charge >= 0.3 is 0 Å². The summed E-state index contributed by atoms with van der Waals surface area (Å²) in [7, 11) is 0. The number of rotatable bonds is 10. The van der Waals surface area contributed by atoms with Crippen LogP contribution in [0.2, 0.25) is 0 Å². The predicted octanol–water partition coefficient (Wildman–Crippen LogP) is 21.0. The summed E-state index contributed by atoms with van der Waals surface area (Å²) in [6, 6.07) is 96.1. The van der Waals surface area contributed by atoms with Crippen LogP contribution >= 0.6 is 0 Å². The van der Waals surface area contributed by atoms with Gasteiger partial charge in [0.25, 0.3) is 0 Å². The van der Waals surface area contributed by atoms with Crippen molar-refractivity contribution >= 4 is 43.9 Å². The van der Waals surface area contributed by atoms with E-state index in [1.165, 1.54) is 44.5 Å². The predicted molar refractivity (Wildman–Crippen MR) is 371 cm³/mol. The molecule has 4 aromatic heterocycles. The van der Waals surface area contributed by atoms with Gasteiger partial charge < -0.3 is 8.83 Å². The molecule has 92 heavy (non-hydrogen) atoms. The van der Waals surface area contributed by atoms with Gasteiger partial charge in [-0.2, -0.15) is 0 Å². The van der Waals surface area contributed by atoms with Gasteiger partial charge in [0.15, 0.2) is 34.9 Å². The number of furan rings is 2. The van der Waals surface area contributed by atoms with Crippen LogP contribution in [0.3, 0.4) is 0 Å². The van der Waals surface area contributed by atoms with Gasteiger partial charge in [-0.25, -0.2) is 29.9 Å². The van der Waals surface area contributed by atoms with Crippen molar-refractivity contribution in [1.29, 1.82) is 0 Å². The van der Waals surface area contributed by atoms with Gasteiger partial charge in [0, 0.05) is 54.6 Å². The van der Waals surface area contributed by atoms with E-state index >= 15 is 0 Å². The Balaban J connectivity index is 0.695. The Morgan fingerprint density at radius 3 is 1.30 bits per heavy atom. The van der Waals surface area contributed by atoms with E-state index in [2.05, 4.69) is 209 Å². The third-order valence-corrected chi connectivity index (χ3v) is 19.3. The molecule has 0 radical (unpaired) electrons.